The SMILES string of the molecule is CCCCNC(=O)[C@@H]1CCC(=O)N(C)[C@H]1c1cccc(F)c1. The molecule has 1 saturated heterocycles. The molecule has 0 aromatic heterocycles. The fourth-order valence-corrected chi connectivity index (χ4v) is 2.98. The van der Waals surface area contributed by atoms with Crippen LogP contribution in [-0.2, 0) is 9.59 Å². The molecule has 1 fully saturated rings. The Kier molecular flexibility index (Phi) is 5.52. The summed E-state index contributed by atoms with van der Waals surface area (Å²) in [5.74, 6) is -0.746. The quantitative estimate of drug-likeness (QED) is 0.850. The van der Waals surface area contributed by atoms with E-state index in [-0.39, 0.29) is 23.5 Å². The highest BCUT2D eigenvalue weighted by Gasteiger charge is 2.38. The van der Waals surface area contributed by atoms with Gasteiger partial charge in [0, 0.05) is 20.0 Å². The van der Waals surface area contributed by atoms with Gasteiger partial charge in [0.1, 0.15) is 5.82 Å². The molecule has 5 heteroatoms. The van der Waals surface area contributed by atoms with Crippen molar-refractivity contribution in [3.05, 3.63) is 35.6 Å². The Morgan fingerprint density at radius 3 is 2.91 bits per heavy atom. The van der Waals surface area contributed by atoms with Gasteiger partial charge in [-0.15, -0.1) is 0 Å². The maximum atomic E-state index is 13.5. The minimum Gasteiger partial charge on any atom is -0.356 e. The van der Waals surface area contributed by atoms with Crippen LogP contribution in [0.4, 0.5) is 4.39 Å². The number of unbranched alkanes of at least 4 members (excludes halogenated alkanes) is 1. The van der Waals surface area contributed by atoms with Crippen molar-refractivity contribution in [3.63, 3.8) is 0 Å². The summed E-state index contributed by atoms with van der Waals surface area (Å²) in [5.41, 5.74) is 0.672. The van der Waals surface area contributed by atoms with Gasteiger partial charge >= 0.3 is 0 Å². The molecular weight excluding hydrogens is 283 g/mol. The number of nitrogens with one attached hydrogen (secondary N) is 1. The number of amides is 2. The first-order valence-electron chi connectivity index (χ1n) is 7.83. The third-order valence-electron chi connectivity index (χ3n) is 4.22. The van der Waals surface area contributed by atoms with Gasteiger partial charge < -0.3 is 10.2 Å². The zero-order valence-corrected chi connectivity index (χ0v) is 13.1. The highest BCUT2D eigenvalue weighted by atomic mass is 19.1. The van der Waals surface area contributed by atoms with Gasteiger partial charge in [0.2, 0.25) is 11.8 Å². The summed E-state index contributed by atoms with van der Waals surface area (Å²) in [6, 6.07) is 5.76. The van der Waals surface area contributed by atoms with Crippen LogP contribution >= 0.6 is 0 Å². The molecule has 1 aliphatic rings. The van der Waals surface area contributed by atoms with Gasteiger partial charge in [-0.3, -0.25) is 9.59 Å². The van der Waals surface area contributed by atoms with Gasteiger partial charge in [-0.2, -0.15) is 0 Å². The average molecular weight is 306 g/mol. The Bertz CT molecular complexity index is 547. The van der Waals surface area contributed by atoms with Crippen molar-refractivity contribution in [2.75, 3.05) is 13.6 Å². The van der Waals surface area contributed by atoms with Crippen molar-refractivity contribution in [2.24, 2.45) is 5.92 Å². The zero-order valence-electron chi connectivity index (χ0n) is 13.1. The van der Waals surface area contributed by atoms with E-state index in [0.29, 0.717) is 24.9 Å². The van der Waals surface area contributed by atoms with Crippen LogP contribution in [0, 0.1) is 11.7 Å². The van der Waals surface area contributed by atoms with Gasteiger partial charge in [-0.25, -0.2) is 4.39 Å². The molecule has 1 N–H and O–H groups in total. The van der Waals surface area contributed by atoms with Crippen molar-refractivity contribution < 1.29 is 14.0 Å². The molecule has 0 radical (unpaired) electrons. The molecular formula is C17H23FN2O2. The molecule has 2 atom stereocenters. The molecule has 4 nitrogen and oxygen atoms in total. The largest absolute Gasteiger partial charge is 0.356 e. The normalized spacial score (nSPS) is 21.8. The monoisotopic (exact) mass is 306 g/mol. The van der Waals surface area contributed by atoms with Gasteiger partial charge in [0.25, 0.3) is 0 Å². The van der Waals surface area contributed by atoms with Crippen LogP contribution in [0.1, 0.15) is 44.2 Å². The Morgan fingerprint density at radius 1 is 1.45 bits per heavy atom. The summed E-state index contributed by atoms with van der Waals surface area (Å²) in [6.07, 6.45) is 2.80. The zero-order chi connectivity index (χ0) is 16.1. The number of nitrogens with zero attached hydrogens (tertiary/aromatic N) is 1. The van der Waals surface area contributed by atoms with Crippen LogP contribution in [0.5, 0.6) is 0 Å². The number of halogens is 1. The van der Waals surface area contributed by atoms with Crippen molar-refractivity contribution >= 4 is 11.8 Å². The summed E-state index contributed by atoms with van der Waals surface area (Å²) in [4.78, 5) is 26.0. The predicted molar refractivity (Wildman–Crippen MR) is 82.6 cm³/mol. The van der Waals surface area contributed by atoms with Gasteiger partial charge in [0.05, 0.1) is 12.0 Å². The molecule has 1 aliphatic heterocycles. The summed E-state index contributed by atoms with van der Waals surface area (Å²) < 4.78 is 13.5. The number of piperidine rings is 1. The van der Waals surface area contributed by atoms with Crippen LogP contribution in [0.3, 0.4) is 0 Å². The van der Waals surface area contributed by atoms with Crippen LogP contribution in [0.2, 0.25) is 0 Å². The minimum atomic E-state index is -0.404. The molecule has 0 aliphatic carbocycles. The summed E-state index contributed by atoms with van der Waals surface area (Å²) in [7, 11) is 1.68. The third-order valence-corrected chi connectivity index (χ3v) is 4.22. The third kappa shape index (κ3) is 3.64. The maximum absolute atomic E-state index is 13.5. The molecule has 0 spiro atoms. The lowest BCUT2D eigenvalue weighted by Crippen LogP contribution is -2.46. The molecule has 0 saturated carbocycles. The number of carbonyl (C=O) groups is 2. The van der Waals surface area contributed by atoms with E-state index in [4.69, 9.17) is 0 Å². The standard InChI is InChI=1S/C17H23FN2O2/c1-3-4-10-19-17(22)14-8-9-15(21)20(2)16(14)12-6-5-7-13(18)11-12/h5-7,11,14,16H,3-4,8-10H2,1-2H3,(H,19,22)/t14-,16+/m1/s1. The number of benzene rings is 1. The summed E-state index contributed by atoms with van der Waals surface area (Å²) in [5, 5.41) is 2.93. The Balaban J connectivity index is 2.22. The van der Waals surface area contributed by atoms with Crippen LogP contribution in [-0.4, -0.2) is 30.3 Å². The van der Waals surface area contributed by atoms with E-state index in [1.165, 1.54) is 12.1 Å². The van der Waals surface area contributed by atoms with Crippen molar-refractivity contribution in [3.8, 4) is 0 Å². The van der Waals surface area contributed by atoms with E-state index < -0.39 is 6.04 Å². The second-order valence-electron chi connectivity index (χ2n) is 5.79. The number of likely N-dealkylation sites (tertiary alicyclic amines) is 1. The number of hydrogen-bond donors (Lipinski definition) is 1. The first-order valence-corrected chi connectivity index (χ1v) is 7.83. The van der Waals surface area contributed by atoms with Crippen LogP contribution < -0.4 is 5.32 Å². The smallest absolute Gasteiger partial charge is 0.225 e. The Labute approximate surface area is 130 Å². The van der Waals surface area contributed by atoms with E-state index in [2.05, 4.69) is 12.2 Å². The fraction of sp³-hybridized carbons (Fsp3) is 0.529. The molecule has 22 heavy (non-hydrogen) atoms. The number of hydrogen-bond acceptors (Lipinski definition) is 2. The lowest BCUT2D eigenvalue weighted by Gasteiger charge is -2.38. The van der Waals surface area contributed by atoms with E-state index >= 15 is 0 Å². The van der Waals surface area contributed by atoms with E-state index in [1.54, 1.807) is 24.1 Å². The van der Waals surface area contributed by atoms with E-state index in [9.17, 15) is 14.0 Å². The summed E-state index contributed by atoms with van der Waals surface area (Å²) >= 11 is 0. The molecule has 1 aromatic carbocycles. The Morgan fingerprint density at radius 2 is 2.23 bits per heavy atom. The van der Waals surface area contributed by atoms with Crippen molar-refractivity contribution in [1.29, 1.82) is 0 Å². The second-order valence-corrected chi connectivity index (χ2v) is 5.79. The van der Waals surface area contributed by atoms with Crippen LogP contribution in [0.25, 0.3) is 0 Å². The number of carbonyl (C=O) groups excluding carboxylic acids is 2. The van der Waals surface area contributed by atoms with Crippen molar-refractivity contribution in [1.82, 2.24) is 10.2 Å². The van der Waals surface area contributed by atoms with Crippen molar-refractivity contribution in [2.45, 2.75) is 38.6 Å². The van der Waals surface area contributed by atoms with Gasteiger partial charge in [0.15, 0.2) is 0 Å². The minimum absolute atomic E-state index is 0.00753. The highest BCUT2D eigenvalue weighted by Crippen LogP contribution is 2.36. The average Bonchev–Trinajstić information content (AvgIpc) is 2.50. The lowest BCUT2D eigenvalue weighted by molar-refractivity contribution is -0.141. The second kappa shape index (κ2) is 7.38. The molecule has 120 valence electrons. The van der Waals surface area contributed by atoms with Gasteiger partial charge in [-0.1, -0.05) is 25.5 Å². The first-order chi connectivity index (χ1) is 10.5. The molecule has 2 amide bonds. The molecule has 0 unspecified atom stereocenters. The maximum Gasteiger partial charge on any atom is 0.225 e. The molecule has 0 bridgehead atoms. The predicted octanol–water partition coefficient (Wildman–Crippen LogP) is 2.65. The Hall–Kier alpha value is -1.91. The van der Waals surface area contributed by atoms with E-state index in [1.807, 2.05) is 0 Å². The topological polar surface area (TPSA) is 49.4 Å². The molecule has 1 heterocycles. The van der Waals surface area contributed by atoms with E-state index in [0.717, 1.165) is 12.8 Å². The first kappa shape index (κ1) is 16.5. The molecule has 1 aromatic rings. The lowest BCUT2D eigenvalue weighted by atomic mass is 9.84. The van der Waals surface area contributed by atoms with Gasteiger partial charge in [-0.05, 0) is 30.5 Å². The number of rotatable bonds is 5. The van der Waals surface area contributed by atoms with Crippen LogP contribution in [0.15, 0.2) is 24.3 Å². The summed E-state index contributed by atoms with van der Waals surface area (Å²) in [6.45, 7) is 2.70. The highest BCUT2D eigenvalue weighted by molar-refractivity contribution is 5.84. The molecule has 2 rings (SSSR count). The fourth-order valence-electron chi connectivity index (χ4n) is 2.98.